The van der Waals surface area contributed by atoms with Crippen molar-refractivity contribution < 1.29 is 17.6 Å². The van der Waals surface area contributed by atoms with Gasteiger partial charge in [-0.2, -0.15) is 0 Å². The zero-order chi connectivity index (χ0) is 19.6. The summed E-state index contributed by atoms with van der Waals surface area (Å²) < 4.78 is 31.8. The van der Waals surface area contributed by atoms with Crippen molar-refractivity contribution in [3.05, 3.63) is 64.6 Å². The van der Waals surface area contributed by atoms with Crippen molar-refractivity contribution in [3.63, 3.8) is 0 Å². The minimum Gasteiger partial charge on any atom is -0.408 e. The van der Waals surface area contributed by atoms with Gasteiger partial charge in [-0.15, -0.1) is 0 Å². The lowest BCUT2D eigenvalue weighted by atomic mass is 10.1. The second-order valence-electron chi connectivity index (χ2n) is 6.17. The van der Waals surface area contributed by atoms with Crippen LogP contribution in [0.1, 0.15) is 18.5 Å². The molecule has 8 nitrogen and oxygen atoms in total. The zero-order valence-corrected chi connectivity index (χ0v) is 15.6. The fourth-order valence-corrected chi connectivity index (χ4v) is 3.42. The number of nitrogens with zero attached hydrogens (tertiary/aromatic N) is 1. The first-order valence-corrected chi connectivity index (χ1v) is 10.1. The van der Waals surface area contributed by atoms with Crippen LogP contribution in [0.4, 0.5) is 5.69 Å². The van der Waals surface area contributed by atoms with Gasteiger partial charge in [0.1, 0.15) is 6.54 Å². The van der Waals surface area contributed by atoms with Gasteiger partial charge in [-0.25, -0.2) is 13.2 Å². The SMILES string of the molecule is CC(NC(=O)Cn1c(=O)oc2ccccc21)c1ccccc1NS(C)(=O)=O. The van der Waals surface area contributed by atoms with E-state index in [2.05, 4.69) is 10.0 Å². The summed E-state index contributed by atoms with van der Waals surface area (Å²) in [4.78, 5) is 24.4. The van der Waals surface area contributed by atoms with E-state index >= 15 is 0 Å². The lowest BCUT2D eigenvalue weighted by Crippen LogP contribution is -2.33. The minimum atomic E-state index is -3.45. The number of hydrogen-bond donors (Lipinski definition) is 2. The summed E-state index contributed by atoms with van der Waals surface area (Å²) in [7, 11) is -3.45. The minimum absolute atomic E-state index is 0.206. The lowest BCUT2D eigenvalue weighted by Gasteiger charge is -2.18. The molecule has 1 atom stereocenters. The average Bonchev–Trinajstić information content (AvgIpc) is 2.89. The molecule has 0 saturated carbocycles. The molecule has 0 aliphatic rings. The molecule has 142 valence electrons. The van der Waals surface area contributed by atoms with Crippen molar-refractivity contribution in [2.24, 2.45) is 0 Å². The Hall–Kier alpha value is -3.07. The predicted octanol–water partition coefficient (Wildman–Crippen LogP) is 1.84. The van der Waals surface area contributed by atoms with Crippen LogP contribution < -0.4 is 15.8 Å². The smallest absolute Gasteiger partial charge is 0.408 e. The molecule has 0 bridgehead atoms. The highest BCUT2D eigenvalue weighted by atomic mass is 32.2. The second kappa shape index (κ2) is 7.28. The number of carbonyl (C=O) groups excluding carboxylic acids is 1. The highest BCUT2D eigenvalue weighted by molar-refractivity contribution is 7.92. The Morgan fingerprint density at radius 3 is 2.56 bits per heavy atom. The van der Waals surface area contributed by atoms with E-state index < -0.39 is 27.7 Å². The van der Waals surface area contributed by atoms with Crippen molar-refractivity contribution in [2.75, 3.05) is 11.0 Å². The number of oxazole rings is 1. The van der Waals surface area contributed by atoms with Crippen LogP contribution in [0.2, 0.25) is 0 Å². The van der Waals surface area contributed by atoms with E-state index in [-0.39, 0.29) is 6.54 Å². The van der Waals surface area contributed by atoms with Crippen molar-refractivity contribution in [1.29, 1.82) is 0 Å². The number of carbonyl (C=O) groups is 1. The molecule has 0 radical (unpaired) electrons. The molecule has 0 saturated heterocycles. The van der Waals surface area contributed by atoms with Gasteiger partial charge in [-0.3, -0.25) is 14.1 Å². The molecule has 27 heavy (non-hydrogen) atoms. The Morgan fingerprint density at radius 1 is 1.15 bits per heavy atom. The first-order chi connectivity index (χ1) is 12.7. The highest BCUT2D eigenvalue weighted by Crippen LogP contribution is 2.23. The van der Waals surface area contributed by atoms with Gasteiger partial charge in [0.15, 0.2) is 5.58 Å². The van der Waals surface area contributed by atoms with Crippen LogP contribution in [0, 0.1) is 0 Å². The van der Waals surface area contributed by atoms with E-state index in [0.29, 0.717) is 22.4 Å². The number of rotatable bonds is 6. The summed E-state index contributed by atoms with van der Waals surface area (Å²) in [6.45, 7) is 1.53. The average molecular weight is 389 g/mol. The van der Waals surface area contributed by atoms with Crippen LogP contribution in [0.25, 0.3) is 11.1 Å². The summed E-state index contributed by atoms with van der Waals surface area (Å²) in [5, 5.41) is 2.78. The number of aromatic nitrogens is 1. The molecular weight excluding hydrogens is 370 g/mol. The van der Waals surface area contributed by atoms with E-state index in [4.69, 9.17) is 4.42 Å². The van der Waals surface area contributed by atoms with Crippen LogP contribution in [-0.2, 0) is 21.4 Å². The van der Waals surface area contributed by atoms with E-state index in [1.54, 1.807) is 55.5 Å². The van der Waals surface area contributed by atoms with Crippen LogP contribution in [-0.4, -0.2) is 25.1 Å². The van der Waals surface area contributed by atoms with Crippen molar-refractivity contribution in [3.8, 4) is 0 Å². The first kappa shape index (κ1) is 18.7. The van der Waals surface area contributed by atoms with Gasteiger partial charge in [0.25, 0.3) is 0 Å². The van der Waals surface area contributed by atoms with Crippen molar-refractivity contribution >= 4 is 32.7 Å². The number of amides is 1. The van der Waals surface area contributed by atoms with E-state index in [1.165, 1.54) is 4.57 Å². The van der Waals surface area contributed by atoms with E-state index in [0.717, 1.165) is 6.26 Å². The number of fused-ring (bicyclic) bond motifs is 1. The Morgan fingerprint density at radius 2 is 1.81 bits per heavy atom. The molecule has 3 rings (SSSR count). The number of sulfonamides is 1. The van der Waals surface area contributed by atoms with Gasteiger partial charge in [0, 0.05) is 0 Å². The van der Waals surface area contributed by atoms with Gasteiger partial charge in [-0.05, 0) is 30.7 Å². The van der Waals surface area contributed by atoms with Gasteiger partial charge in [0.05, 0.1) is 23.5 Å². The molecule has 0 fully saturated rings. The number of benzene rings is 2. The van der Waals surface area contributed by atoms with Crippen molar-refractivity contribution in [1.82, 2.24) is 9.88 Å². The Balaban J connectivity index is 1.79. The summed E-state index contributed by atoms with van der Waals surface area (Å²) in [5.74, 6) is -1.01. The van der Waals surface area contributed by atoms with Crippen LogP contribution >= 0.6 is 0 Å². The van der Waals surface area contributed by atoms with Gasteiger partial charge in [0.2, 0.25) is 15.9 Å². The number of hydrogen-bond acceptors (Lipinski definition) is 5. The topological polar surface area (TPSA) is 110 Å². The Bertz CT molecular complexity index is 1150. The predicted molar refractivity (Wildman–Crippen MR) is 102 cm³/mol. The van der Waals surface area contributed by atoms with Crippen LogP contribution in [0.5, 0.6) is 0 Å². The van der Waals surface area contributed by atoms with E-state index in [1.807, 2.05) is 0 Å². The fourth-order valence-electron chi connectivity index (χ4n) is 2.84. The van der Waals surface area contributed by atoms with Gasteiger partial charge in [-0.1, -0.05) is 30.3 Å². The largest absolute Gasteiger partial charge is 0.420 e. The third-order valence-corrected chi connectivity index (χ3v) is 4.57. The lowest BCUT2D eigenvalue weighted by molar-refractivity contribution is -0.122. The molecule has 3 aromatic rings. The van der Waals surface area contributed by atoms with E-state index in [9.17, 15) is 18.0 Å². The molecule has 2 aromatic carbocycles. The monoisotopic (exact) mass is 389 g/mol. The molecule has 9 heteroatoms. The normalized spacial score (nSPS) is 12.7. The maximum atomic E-state index is 12.4. The fraction of sp³-hybridized carbons (Fsp3) is 0.222. The molecule has 1 unspecified atom stereocenters. The Labute approximate surface area is 155 Å². The van der Waals surface area contributed by atoms with Gasteiger partial charge < -0.3 is 9.73 Å². The zero-order valence-electron chi connectivity index (χ0n) is 14.8. The van der Waals surface area contributed by atoms with Crippen molar-refractivity contribution in [2.45, 2.75) is 19.5 Å². The maximum Gasteiger partial charge on any atom is 0.420 e. The quantitative estimate of drug-likeness (QED) is 0.668. The molecule has 0 aliphatic heterocycles. The number of nitrogens with one attached hydrogen (secondary N) is 2. The molecule has 2 N–H and O–H groups in total. The maximum absolute atomic E-state index is 12.4. The third kappa shape index (κ3) is 4.37. The van der Waals surface area contributed by atoms with Crippen LogP contribution in [0.15, 0.2) is 57.7 Å². The second-order valence-corrected chi connectivity index (χ2v) is 7.92. The molecule has 0 aliphatic carbocycles. The number of para-hydroxylation sites is 3. The number of anilines is 1. The van der Waals surface area contributed by atoms with Gasteiger partial charge >= 0.3 is 5.76 Å². The highest BCUT2D eigenvalue weighted by Gasteiger charge is 2.17. The third-order valence-electron chi connectivity index (χ3n) is 3.98. The summed E-state index contributed by atoms with van der Waals surface area (Å²) in [6, 6.07) is 13.2. The Kier molecular flexibility index (Phi) is 5.04. The molecular formula is C18H19N3O5S. The summed E-state index contributed by atoms with van der Waals surface area (Å²) >= 11 is 0. The molecule has 1 aromatic heterocycles. The summed E-state index contributed by atoms with van der Waals surface area (Å²) in [5.41, 5.74) is 1.94. The van der Waals surface area contributed by atoms with Crippen LogP contribution in [0.3, 0.4) is 0 Å². The first-order valence-electron chi connectivity index (χ1n) is 8.19. The molecule has 0 spiro atoms. The standard InChI is InChI=1S/C18H19N3O5S/c1-12(13-7-3-4-8-14(13)20-27(2,24)25)19-17(22)11-21-15-9-5-6-10-16(15)26-18(21)23/h3-10,12,20H,11H2,1-2H3,(H,19,22). The molecule has 1 heterocycles. The molecule has 1 amide bonds. The summed E-state index contributed by atoms with van der Waals surface area (Å²) in [6.07, 6.45) is 1.06.